The second-order valence-corrected chi connectivity index (χ2v) is 5.51. The quantitative estimate of drug-likeness (QED) is 0.665. The van der Waals surface area contributed by atoms with Gasteiger partial charge in [-0.1, -0.05) is 44.9 Å². The first-order chi connectivity index (χ1) is 9.20. The molecule has 1 rings (SSSR count). The first kappa shape index (κ1) is 16.4. The van der Waals surface area contributed by atoms with E-state index in [1.54, 1.807) is 0 Å². The molecule has 4 nitrogen and oxygen atoms in total. The number of ether oxygens (including phenoxy) is 1. The topological polar surface area (TPSA) is 66.8 Å². The second-order valence-electron chi connectivity index (χ2n) is 5.51. The molecule has 1 aliphatic rings. The van der Waals surface area contributed by atoms with Crippen molar-refractivity contribution >= 4 is 5.97 Å². The van der Waals surface area contributed by atoms with Crippen LogP contribution in [0, 0.1) is 0 Å². The van der Waals surface area contributed by atoms with Crippen molar-refractivity contribution in [2.75, 3.05) is 6.61 Å². The minimum Gasteiger partial charge on any atom is -0.466 e. The van der Waals surface area contributed by atoms with Crippen LogP contribution in [-0.4, -0.2) is 35.0 Å². The fourth-order valence-corrected chi connectivity index (χ4v) is 2.43. The number of aliphatic hydroxyl groups is 2. The molecule has 0 saturated carbocycles. The highest BCUT2D eigenvalue weighted by atomic mass is 16.5. The first-order valence-electron chi connectivity index (χ1n) is 7.72. The molecule has 0 aromatic rings. The predicted octanol–water partition coefficient (Wildman–Crippen LogP) is 2.56. The molecule has 2 N–H and O–H groups in total. The van der Waals surface area contributed by atoms with Crippen LogP contribution < -0.4 is 0 Å². The van der Waals surface area contributed by atoms with Gasteiger partial charge >= 0.3 is 5.97 Å². The van der Waals surface area contributed by atoms with Crippen LogP contribution in [0.15, 0.2) is 0 Å². The van der Waals surface area contributed by atoms with Gasteiger partial charge in [0.25, 0.3) is 0 Å². The Morgan fingerprint density at radius 1 is 0.789 bits per heavy atom. The fourth-order valence-electron chi connectivity index (χ4n) is 2.43. The number of carbonyl (C=O) groups is 1. The Bertz CT molecular complexity index is 242. The minimum atomic E-state index is -0.777. The standard InChI is InChI=1S/C15H28O4/c16-13-9-7-5-3-1-2-4-6-8-10-15(18)19-12-11-14(13)17/h13-14,16-17H,1-12H2/t13-,14+/m0/s1. The first-order valence-corrected chi connectivity index (χ1v) is 7.72. The molecule has 19 heavy (non-hydrogen) atoms. The molecule has 0 amide bonds. The molecule has 0 bridgehead atoms. The van der Waals surface area contributed by atoms with Crippen molar-refractivity contribution in [2.45, 2.75) is 82.8 Å². The van der Waals surface area contributed by atoms with Crippen molar-refractivity contribution in [3.63, 3.8) is 0 Å². The van der Waals surface area contributed by atoms with E-state index in [-0.39, 0.29) is 12.6 Å². The molecule has 2 atom stereocenters. The maximum Gasteiger partial charge on any atom is 0.305 e. The van der Waals surface area contributed by atoms with Gasteiger partial charge in [-0.3, -0.25) is 4.79 Å². The van der Waals surface area contributed by atoms with Gasteiger partial charge in [0.1, 0.15) is 0 Å². The van der Waals surface area contributed by atoms with Crippen LogP contribution >= 0.6 is 0 Å². The van der Waals surface area contributed by atoms with Crippen molar-refractivity contribution in [3.05, 3.63) is 0 Å². The average molecular weight is 272 g/mol. The predicted molar refractivity (Wildman–Crippen MR) is 73.8 cm³/mol. The molecule has 1 saturated heterocycles. The van der Waals surface area contributed by atoms with Crippen molar-refractivity contribution < 1.29 is 19.7 Å². The van der Waals surface area contributed by atoms with Crippen LogP contribution in [0.5, 0.6) is 0 Å². The molecule has 0 radical (unpaired) electrons. The van der Waals surface area contributed by atoms with Crippen LogP contribution in [0.1, 0.15) is 70.6 Å². The zero-order valence-corrected chi connectivity index (χ0v) is 11.9. The molecule has 0 spiro atoms. The van der Waals surface area contributed by atoms with Crippen LogP contribution in [0.2, 0.25) is 0 Å². The van der Waals surface area contributed by atoms with Crippen molar-refractivity contribution in [2.24, 2.45) is 0 Å². The van der Waals surface area contributed by atoms with Crippen LogP contribution in [0.3, 0.4) is 0 Å². The molecule has 0 aromatic heterocycles. The number of carbonyl (C=O) groups excluding carboxylic acids is 1. The summed E-state index contributed by atoms with van der Waals surface area (Å²) in [6.07, 6.45) is 8.87. The SMILES string of the molecule is O=C1CCCCCCCCCC[C@H](O)[C@H](O)CCO1. The maximum atomic E-state index is 11.4. The Balaban J connectivity index is 2.30. The van der Waals surface area contributed by atoms with E-state index in [0.29, 0.717) is 19.3 Å². The van der Waals surface area contributed by atoms with Gasteiger partial charge in [0.05, 0.1) is 18.8 Å². The Morgan fingerprint density at radius 3 is 2.00 bits per heavy atom. The lowest BCUT2D eigenvalue weighted by Gasteiger charge is -2.17. The third-order valence-electron chi connectivity index (χ3n) is 3.75. The normalized spacial score (nSPS) is 29.7. The van der Waals surface area contributed by atoms with Crippen LogP contribution in [0.25, 0.3) is 0 Å². The van der Waals surface area contributed by atoms with E-state index in [2.05, 4.69) is 0 Å². The van der Waals surface area contributed by atoms with Gasteiger partial charge in [0, 0.05) is 12.8 Å². The van der Waals surface area contributed by atoms with Crippen molar-refractivity contribution in [3.8, 4) is 0 Å². The molecule has 0 unspecified atom stereocenters. The third kappa shape index (κ3) is 8.22. The Morgan fingerprint density at radius 2 is 1.32 bits per heavy atom. The number of aliphatic hydroxyl groups excluding tert-OH is 2. The Kier molecular flexibility index (Phi) is 8.84. The molecule has 0 aliphatic carbocycles. The summed E-state index contributed by atoms with van der Waals surface area (Å²) in [6.45, 7) is 0.205. The van der Waals surface area contributed by atoms with E-state index in [4.69, 9.17) is 4.74 Å². The number of cyclic esters (lactones) is 1. The molecular weight excluding hydrogens is 244 g/mol. The Labute approximate surface area is 116 Å². The van der Waals surface area contributed by atoms with Crippen LogP contribution in [0.4, 0.5) is 0 Å². The number of hydrogen-bond donors (Lipinski definition) is 2. The van der Waals surface area contributed by atoms with Gasteiger partial charge < -0.3 is 14.9 Å². The average Bonchev–Trinajstić information content (AvgIpc) is 2.39. The van der Waals surface area contributed by atoms with Gasteiger partial charge in [-0.2, -0.15) is 0 Å². The van der Waals surface area contributed by atoms with Crippen molar-refractivity contribution in [1.82, 2.24) is 0 Å². The van der Waals surface area contributed by atoms with E-state index in [1.807, 2.05) is 0 Å². The summed E-state index contributed by atoms with van der Waals surface area (Å²) in [7, 11) is 0. The van der Waals surface area contributed by atoms with Gasteiger partial charge in [-0.25, -0.2) is 0 Å². The Hall–Kier alpha value is -0.610. The van der Waals surface area contributed by atoms with Gasteiger partial charge in [-0.05, 0) is 12.8 Å². The van der Waals surface area contributed by atoms with E-state index in [0.717, 1.165) is 25.7 Å². The van der Waals surface area contributed by atoms with Crippen LogP contribution in [-0.2, 0) is 9.53 Å². The maximum absolute atomic E-state index is 11.4. The largest absolute Gasteiger partial charge is 0.466 e. The summed E-state index contributed by atoms with van der Waals surface area (Å²) >= 11 is 0. The number of hydrogen-bond acceptors (Lipinski definition) is 4. The van der Waals surface area contributed by atoms with Gasteiger partial charge in [0.2, 0.25) is 0 Å². The van der Waals surface area contributed by atoms with Gasteiger partial charge in [-0.15, -0.1) is 0 Å². The lowest BCUT2D eigenvalue weighted by molar-refractivity contribution is -0.145. The zero-order valence-electron chi connectivity index (χ0n) is 11.9. The molecule has 4 heteroatoms. The second kappa shape index (κ2) is 10.2. The van der Waals surface area contributed by atoms with Gasteiger partial charge in [0.15, 0.2) is 0 Å². The lowest BCUT2D eigenvalue weighted by Crippen LogP contribution is -2.27. The summed E-state index contributed by atoms with van der Waals surface area (Å²) in [5.41, 5.74) is 0. The van der Waals surface area contributed by atoms with E-state index in [1.165, 1.54) is 25.7 Å². The molecule has 1 aliphatic heterocycles. The highest BCUT2D eigenvalue weighted by Crippen LogP contribution is 2.14. The third-order valence-corrected chi connectivity index (χ3v) is 3.75. The smallest absolute Gasteiger partial charge is 0.305 e. The van der Waals surface area contributed by atoms with E-state index < -0.39 is 12.2 Å². The lowest BCUT2D eigenvalue weighted by atomic mass is 10.0. The summed E-state index contributed by atoms with van der Waals surface area (Å²) in [4.78, 5) is 11.4. The number of esters is 1. The molecular formula is C15H28O4. The number of rotatable bonds is 0. The van der Waals surface area contributed by atoms with Crippen molar-refractivity contribution in [1.29, 1.82) is 0 Å². The molecule has 112 valence electrons. The zero-order chi connectivity index (χ0) is 13.9. The monoisotopic (exact) mass is 272 g/mol. The fraction of sp³-hybridized carbons (Fsp3) is 0.933. The minimum absolute atomic E-state index is 0.186. The highest BCUT2D eigenvalue weighted by molar-refractivity contribution is 5.69. The summed E-state index contributed by atoms with van der Waals surface area (Å²) in [5.74, 6) is -0.186. The highest BCUT2D eigenvalue weighted by Gasteiger charge is 2.16. The molecule has 1 fully saturated rings. The summed E-state index contributed by atoms with van der Waals surface area (Å²) in [6, 6.07) is 0. The van der Waals surface area contributed by atoms with E-state index >= 15 is 0 Å². The van der Waals surface area contributed by atoms with E-state index in [9.17, 15) is 15.0 Å². The molecule has 0 aromatic carbocycles. The molecule has 1 heterocycles. The summed E-state index contributed by atoms with van der Waals surface area (Å²) in [5, 5.41) is 19.5. The summed E-state index contributed by atoms with van der Waals surface area (Å²) < 4.78 is 5.05.